The minimum atomic E-state index is -1.16. The first-order chi connectivity index (χ1) is 24.4. The van der Waals surface area contributed by atoms with E-state index in [-0.39, 0.29) is 45.6 Å². The van der Waals surface area contributed by atoms with Crippen LogP contribution in [-0.4, -0.2) is 45.9 Å². The van der Waals surface area contributed by atoms with Crippen molar-refractivity contribution in [3.05, 3.63) is 132 Å². The molecule has 1 atom stereocenters. The predicted octanol–water partition coefficient (Wildman–Crippen LogP) is 4.16. The fourth-order valence-electron chi connectivity index (χ4n) is 5.09. The zero-order valence-electron chi connectivity index (χ0n) is 28.3. The van der Waals surface area contributed by atoms with Crippen LogP contribution in [-0.2, 0) is 4.74 Å². The molecule has 13 nitrogen and oxygen atoms in total. The number of fused-ring (bicyclic) bond motifs is 2. The Bertz CT molecular complexity index is 2390. The molecule has 1 aliphatic rings. The van der Waals surface area contributed by atoms with E-state index in [2.05, 4.69) is 27.9 Å². The van der Waals surface area contributed by atoms with Crippen molar-refractivity contribution in [3.63, 3.8) is 0 Å². The normalized spacial score (nSPS) is 13.1. The van der Waals surface area contributed by atoms with Gasteiger partial charge < -0.3 is 37.2 Å². The van der Waals surface area contributed by atoms with E-state index in [0.717, 1.165) is 33.9 Å². The maximum atomic E-state index is 13.9. The van der Waals surface area contributed by atoms with Crippen molar-refractivity contribution in [2.45, 2.75) is 25.9 Å². The summed E-state index contributed by atoms with van der Waals surface area (Å²) in [5.41, 5.74) is 15.0. The highest BCUT2D eigenvalue weighted by atomic mass is 35.5. The molecule has 0 saturated carbocycles. The van der Waals surface area contributed by atoms with Crippen LogP contribution in [0.15, 0.2) is 92.0 Å². The van der Waals surface area contributed by atoms with E-state index < -0.39 is 39.9 Å². The second kappa shape index (κ2) is 17.9. The molecule has 9 N–H and O–H groups in total. The van der Waals surface area contributed by atoms with E-state index in [1.807, 2.05) is 0 Å². The molecule has 1 unspecified atom stereocenters. The van der Waals surface area contributed by atoms with Gasteiger partial charge in [0.05, 0.1) is 45.0 Å². The van der Waals surface area contributed by atoms with Gasteiger partial charge in [0, 0.05) is 31.1 Å². The molecule has 0 aliphatic carbocycles. The molecule has 1 aliphatic heterocycles. The third-order valence-electron chi connectivity index (χ3n) is 7.65. The fraction of sp³-hybridized carbons (Fsp3) is 0.200. The topological polar surface area (TPSA) is 209 Å². The lowest BCUT2D eigenvalue weighted by Gasteiger charge is -2.08. The molecule has 276 valence electrons. The number of aromatic amines is 2. The number of nitrogens with zero attached hydrogens (tertiary/aromatic N) is 2. The van der Waals surface area contributed by atoms with Gasteiger partial charge in [0.15, 0.2) is 11.6 Å². The average Bonchev–Trinajstić information content (AvgIpc) is 3.60. The molecule has 0 spiro atoms. The summed E-state index contributed by atoms with van der Waals surface area (Å²) in [6, 6.07) is 16.3. The summed E-state index contributed by atoms with van der Waals surface area (Å²) in [5, 5.41) is 2.63. The fourth-order valence-corrected chi connectivity index (χ4v) is 5.09. The zero-order chi connectivity index (χ0) is 37.4. The maximum Gasteiger partial charge on any atom is 0.333 e. The summed E-state index contributed by atoms with van der Waals surface area (Å²) in [6.45, 7) is 3.11. The van der Waals surface area contributed by atoms with Crippen LogP contribution in [0.5, 0.6) is 0 Å². The molecule has 1 saturated heterocycles. The van der Waals surface area contributed by atoms with Crippen molar-refractivity contribution in [1.82, 2.24) is 19.1 Å². The quantitative estimate of drug-likeness (QED) is 0.144. The van der Waals surface area contributed by atoms with Crippen LogP contribution in [0.3, 0.4) is 0 Å². The van der Waals surface area contributed by atoms with Crippen LogP contribution >= 0.6 is 12.4 Å². The van der Waals surface area contributed by atoms with Gasteiger partial charge in [0.1, 0.15) is 5.82 Å². The number of aromatic nitrogens is 4. The van der Waals surface area contributed by atoms with Crippen molar-refractivity contribution in [2.24, 2.45) is 5.73 Å². The van der Waals surface area contributed by atoms with Crippen molar-refractivity contribution in [3.8, 4) is 11.4 Å². The number of benzene rings is 4. The summed E-state index contributed by atoms with van der Waals surface area (Å²) in [6.07, 6.45) is 3.08. The highest BCUT2D eigenvalue weighted by Crippen LogP contribution is 2.19. The van der Waals surface area contributed by atoms with Crippen molar-refractivity contribution < 1.29 is 17.9 Å². The van der Waals surface area contributed by atoms with E-state index in [1.54, 1.807) is 31.3 Å². The van der Waals surface area contributed by atoms with E-state index in [4.69, 9.17) is 16.2 Å². The third kappa shape index (κ3) is 9.08. The van der Waals surface area contributed by atoms with Crippen LogP contribution < -0.4 is 45.0 Å². The first kappa shape index (κ1) is 40.6. The Morgan fingerprint density at radius 3 is 1.52 bits per heavy atom. The van der Waals surface area contributed by atoms with Gasteiger partial charge >= 0.3 is 11.4 Å². The number of nitrogens with one attached hydrogen (secondary N) is 3. The molecule has 2 aromatic heterocycles. The number of hydrogen-bond acceptors (Lipinski definition) is 9. The molecule has 6 aromatic rings. The Balaban J connectivity index is 0.000000228. The summed E-state index contributed by atoms with van der Waals surface area (Å²) in [7, 11) is 3.05. The van der Waals surface area contributed by atoms with Gasteiger partial charge in [-0.2, -0.15) is 0 Å². The summed E-state index contributed by atoms with van der Waals surface area (Å²) >= 11 is 0. The molecular weight excluding hydrogens is 705 g/mol. The van der Waals surface area contributed by atoms with E-state index in [0.29, 0.717) is 23.2 Å². The van der Waals surface area contributed by atoms with Gasteiger partial charge in [0.25, 0.3) is 11.1 Å². The van der Waals surface area contributed by atoms with Gasteiger partial charge in [-0.15, -0.1) is 12.4 Å². The molecule has 0 bridgehead atoms. The van der Waals surface area contributed by atoms with Crippen LogP contribution in [0.25, 0.3) is 33.2 Å². The largest absolute Gasteiger partial charge is 0.399 e. The third-order valence-corrected chi connectivity index (χ3v) is 7.65. The van der Waals surface area contributed by atoms with Crippen LogP contribution in [0.4, 0.5) is 30.2 Å². The molecule has 3 heterocycles. The van der Waals surface area contributed by atoms with Crippen LogP contribution in [0, 0.1) is 17.5 Å². The Morgan fingerprint density at radius 2 is 1.13 bits per heavy atom. The van der Waals surface area contributed by atoms with Crippen molar-refractivity contribution in [2.75, 3.05) is 37.5 Å². The highest BCUT2D eigenvalue weighted by Gasteiger charge is 2.14. The van der Waals surface area contributed by atoms with Crippen LogP contribution in [0.1, 0.15) is 19.8 Å². The second-order valence-electron chi connectivity index (χ2n) is 11.1. The standard InChI is InChI=1S/C15H13FN4O2.C14H9F2N3O2.C5H10O.CH5N.ClH/c1-18-13-7-12-10(6-11(13)16)14(21)20(15(22)19-12)9-4-2-8(17)3-5-9;15-10-5-9-12(6-11(10)16)18-14(21)19(13(9)20)8-3-1-7(17)2-4-8;1-5-3-2-4-6-5;1-2;/h2-7,18H,17H2,1H3,(H,19,22);1-6H,17H2,(H,18,21);5H,2-4H2,1H3;2H2,1H3;1H. The zero-order valence-corrected chi connectivity index (χ0v) is 29.2. The lowest BCUT2D eigenvalue weighted by Crippen LogP contribution is -2.33. The minimum absolute atomic E-state index is 0. The number of anilines is 3. The first-order valence-electron chi connectivity index (χ1n) is 15.6. The predicted molar refractivity (Wildman–Crippen MR) is 201 cm³/mol. The number of rotatable bonds is 3. The lowest BCUT2D eigenvalue weighted by atomic mass is 10.2. The Morgan fingerprint density at radius 1 is 0.712 bits per heavy atom. The summed E-state index contributed by atoms with van der Waals surface area (Å²) < 4.78 is 47.2. The lowest BCUT2D eigenvalue weighted by molar-refractivity contribution is 0.125. The van der Waals surface area contributed by atoms with Gasteiger partial charge in [-0.1, -0.05) is 0 Å². The average molecular weight is 743 g/mol. The van der Waals surface area contributed by atoms with E-state index in [1.165, 1.54) is 50.2 Å². The van der Waals surface area contributed by atoms with E-state index >= 15 is 0 Å². The van der Waals surface area contributed by atoms with Crippen molar-refractivity contribution in [1.29, 1.82) is 0 Å². The molecule has 4 aromatic carbocycles. The summed E-state index contributed by atoms with van der Waals surface area (Å²) in [4.78, 5) is 53.9. The second-order valence-corrected chi connectivity index (χ2v) is 11.1. The molecular formula is C35H38ClF3N8O5. The van der Waals surface area contributed by atoms with Gasteiger partial charge in [-0.25, -0.2) is 31.9 Å². The number of halogens is 4. The first-order valence-corrected chi connectivity index (χ1v) is 15.6. The van der Waals surface area contributed by atoms with Gasteiger partial charge in [-0.3, -0.25) is 9.59 Å². The molecule has 52 heavy (non-hydrogen) atoms. The molecule has 17 heteroatoms. The van der Waals surface area contributed by atoms with E-state index in [9.17, 15) is 32.3 Å². The smallest absolute Gasteiger partial charge is 0.333 e. The highest BCUT2D eigenvalue weighted by molar-refractivity contribution is 5.85. The van der Waals surface area contributed by atoms with Gasteiger partial charge in [-0.05, 0) is 93.5 Å². The maximum absolute atomic E-state index is 13.9. The van der Waals surface area contributed by atoms with Crippen molar-refractivity contribution >= 4 is 51.3 Å². The molecule has 7 rings (SSSR count). The molecule has 0 radical (unpaired) electrons. The SMILES string of the molecule is CC1CCCO1.CN.CNc1cc2[nH]c(=O)n(-c3ccc(N)cc3)c(=O)c2cc1F.Cl.Nc1ccc(-n2c(=O)[nH]c3cc(F)c(F)cc3c2=O)cc1. The Hall–Kier alpha value is -5.84. The Kier molecular flexibility index (Phi) is 14.0. The number of ether oxygens (including phenoxy) is 1. The summed E-state index contributed by atoms with van der Waals surface area (Å²) in [5.74, 6) is -2.86. The minimum Gasteiger partial charge on any atom is -0.399 e. The molecule has 1 fully saturated rings. The molecule has 0 amide bonds. The monoisotopic (exact) mass is 742 g/mol. The van der Waals surface area contributed by atoms with Gasteiger partial charge in [0.2, 0.25) is 0 Å². The Labute approximate surface area is 300 Å². The number of H-pyrrole nitrogens is 2. The van der Waals surface area contributed by atoms with Crippen LogP contribution in [0.2, 0.25) is 0 Å². The number of nitrogen functional groups attached to an aromatic ring is 2. The number of nitrogens with two attached hydrogens (primary N) is 3. The number of hydrogen-bond donors (Lipinski definition) is 6.